The van der Waals surface area contributed by atoms with Crippen molar-refractivity contribution in [1.82, 2.24) is 29.0 Å². The average Bonchev–Trinajstić information content (AvgIpc) is 3.43. The van der Waals surface area contributed by atoms with Gasteiger partial charge in [-0.05, 0) is 49.7 Å². The number of nitrogens with zero attached hydrogens (tertiary/aromatic N) is 5. The summed E-state index contributed by atoms with van der Waals surface area (Å²) in [6.45, 7) is 1.84. The van der Waals surface area contributed by atoms with Gasteiger partial charge in [0.25, 0.3) is 0 Å². The van der Waals surface area contributed by atoms with Crippen molar-refractivity contribution in [3.63, 3.8) is 0 Å². The van der Waals surface area contributed by atoms with E-state index in [1.165, 1.54) is 17.0 Å². The van der Waals surface area contributed by atoms with Gasteiger partial charge in [-0.15, -0.1) is 10.2 Å². The predicted molar refractivity (Wildman–Crippen MR) is 131 cm³/mol. The molecule has 2 fully saturated rings. The molecule has 2 aliphatic heterocycles. The standard InChI is InChI=1S/C26H27F3N6O3/c1-33-16-31-32-22(33)11-24(14-38-15-24)17-3-2-4-19(9-17)34-13-21-20(26(27,28)29)10-18(12-35(21)23(34)36)25(37)5-7-30-8-6-25/h2-4,9-10,12-13,16,30,37H,5-8,11,14-15H2,1H3. The number of imidazole rings is 1. The first-order chi connectivity index (χ1) is 18.1. The van der Waals surface area contributed by atoms with E-state index in [1.54, 1.807) is 18.5 Å². The number of aliphatic hydroxyl groups is 1. The van der Waals surface area contributed by atoms with E-state index in [1.807, 2.05) is 23.7 Å². The molecule has 0 aliphatic carbocycles. The summed E-state index contributed by atoms with van der Waals surface area (Å²) in [5.74, 6) is 0.781. The van der Waals surface area contributed by atoms with Gasteiger partial charge in [-0.3, -0.25) is 8.97 Å². The second-order valence-corrected chi connectivity index (χ2v) is 10.3. The van der Waals surface area contributed by atoms with Gasteiger partial charge in [0, 0.05) is 36.8 Å². The molecule has 0 saturated carbocycles. The lowest BCUT2D eigenvalue weighted by Crippen LogP contribution is -2.49. The molecule has 12 heteroatoms. The van der Waals surface area contributed by atoms with Gasteiger partial charge in [0.2, 0.25) is 0 Å². The van der Waals surface area contributed by atoms with Crippen LogP contribution in [0.2, 0.25) is 0 Å². The van der Waals surface area contributed by atoms with Crippen LogP contribution >= 0.6 is 0 Å². The van der Waals surface area contributed by atoms with Crippen LogP contribution in [0.15, 0.2) is 53.8 Å². The SMILES string of the molecule is Cn1cnnc1CC1(c2cccc(-n3cc4c(C(F)(F)F)cc(C5(O)CCNCC5)cn4c3=O)c2)COC1. The van der Waals surface area contributed by atoms with E-state index < -0.39 is 23.0 Å². The van der Waals surface area contributed by atoms with Crippen molar-refractivity contribution in [1.29, 1.82) is 0 Å². The fourth-order valence-corrected chi connectivity index (χ4v) is 5.46. The highest BCUT2D eigenvalue weighted by Gasteiger charge is 2.42. The molecule has 2 saturated heterocycles. The van der Waals surface area contributed by atoms with Crippen molar-refractivity contribution < 1.29 is 23.0 Å². The number of aryl methyl sites for hydroxylation is 1. The van der Waals surface area contributed by atoms with Crippen LogP contribution in [0.3, 0.4) is 0 Å². The summed E-state index contributed by atoms with van der Waals surface area (Å²) in [4.78, 5) is 13.5. The van der Waals surface area contributed by atoms with Gasteiger partial charge in [-0.1, -0.05) is 12.1 Å². The van der Waals surface area contributed by atoms with Crippen LogP contribution in [0.5, 0.6) is 0 Å². The Morgan fingerprint density at radius 1 is 1.13 bits per heavy atom. The van der Waals surface area contributed by atoms with Gasteiger partial charge in [-0.25, -0.2) is 4.79 Å². The highest BCUT2D eigenvalue weighted by Crippen LogP contribution is 2.39. The molecule has 2 N–H and O–H groups in total. The Labute approximate surface area is 215 Å². The molecule has 0 unspecified atom stereocenters. The van der Waals surface area contributed by atoms with Gasteiger partial charge in [0.15, 0.2) is 0 Å². The van der Waals surface area contributed by atoms with Crippen LogP contribution in [0.25, 0.3) is 11.2 Å². The second-order valence-electron chi connectivity index (χ2n) is 10.3. The molecule has 2 aliphatic rings. The zero-order valence-electron chi connectivity index (χ0n) is 20.7. The van der Waals surface area contributed by atoms with Crippen LogP contribution in [0.4, 0.5) is 13.2 Å². The number of aromatic nitrogens is 5. The first-order valence-corrected chi connectivity index (χ1v) is 12.4. The Balaban J connectivity index is 1.46. The number of hydrogen-bond donors (Lipinski definition) is 2. The zero-order chi connectivity index (χ0) is 26.7. The molecule has 4 aromatic rings. The maximum Gasteiger partial charge on any atom is 0.418 e. The lowest BCUT2D eigenvalue weighted by molar-refractivity contribution is -0.136. The number of ether oxygens (including phenoxy) is 1. The van der Waals surface area contributed by atoms with Crippen molar-refractivity contribution in [2.75, 3.05) is 26.3 Å². The first kappa shape index (κ1) is 24.8. The Morgan fingerprint density at radius 3 is 2.53 bits per heavy atom. The van der Waals surface area contributed by atoms with Gasteiger partial charge in [0.1, 0.15) is 12.2 Å². The van der Waals surface area contributed by atoms with E-state index in [2.05, 4.69) is 15.5 Å². The summed E-state index contributed by atoms with van der Waals surface area (Å²) in [6, 6.07) is 8.18. The summed E-state index contributed by atoms with van der Waals surface area (Å²) in [7, 11) is 1.86. The van der Waals surface area contributed by atoms with Crippen molar-refractivity contribution in [3.8, 4) is 5.69 Å². The fraction of sp³-hybridized carbons (Fsp3) is 0.423. The molecule has 1 aromatic carbocycles. The lowest BCUT2D eigenvalue weighted by atomic mass is 9.75. The summed E-state index contributed by atoms with van der Waals surface area (Å²) in [5, 5.41) is 22.4. The fourth-order valence-electron chi connectivity index (χ4n) is 5.46. The van der Waals surface area contributed by atoms with Crippen LogP contribution in [0, 0.1) is 0 Å². The minimum atomic E-state index is -4.71. The molecule has 0 spiro atoms. The van der Waals surface area contributed by atoms with E-state index in [0.717, 1.165) is 21.9 Å². The maximum absolute atomic E-state index is 14.2. The van der Waals surface area contributed by atoms with E-state index in [4.69, 9.17) is 4.74 Å². The zero-order valence-corrected chi connectivity index (χ0v) is 20.7. The molecule has 9 nitrogen and oxygen atoms in total. The average molecular weight is 529 g/mol. The molecule has 0 atom stereocenters. The number of piperidine rings is 1. The van der Waals surface area contributed by atoms with Gasteiger partial charge in [0.05, 0.1) is 35.6 Å². The minimum absolute atomic E-state index is 0.0849. The van der Waals surface area contributed by atoms with Crippen LogP contribution in [-0.2, 0) is 35.4 Å². The van der Waals surface area contributed by atoms with E-state index >= 15 is 0 Å². The molecule has 0 bridgehead atoms. The van der Waals surface area contributed by atoms with Gasteiger partial charge >= 0.3 is 11.9 Å². The summed E-state index contributed by atoms with van der Waals surface area (Å²) >= 11 is 0. The normalized spacial score (nSPS) is 19.0. The number of rotatable bonds is 5. The van der Waals surface area contributed by atoms with E-state index in [-0.39, 0.29) is 29.3 Å². The second kappa shape index (κ2) is 8.79. The van der Waals surface area contributed by atoms with Gasteiger partial charge < -0.3 is 19.7 Å². The molecule has 6 rings (SSSR count). The third-order valence-electron chi connectivity index (χ3n) is 7.84. The predicted octanol–water partition coefficient (Wildman–Crippen LogP) is 2.32. The van der Waals surface area contributed by atoms with E-state index in [9.17, 15) is 23.1 Å². The Morgan fingerprint density at radius 2 is 1.89 bits per heavy atom. The Bertz CT molecular complexity index is 1560. The van der Waals surface area contributed by atoms with E-state index in [0.29, 0.717) is 38.4 Å². The van der Waals surface area contributed by atoms with Crippen molar-refractivity contribution in [2.45, 2.75) is 36.5 Å². The van der Waals surface area contributed by atoms with Crippen LogP contribution < -0.4 is 11.0 Å². The van der Waals surface area contributed by atoms with Crippen LogP contribution in [-0.4, -0.2) is 55.1 Å². The summed E-state index contributed by atoms with van der Waals surface area (Å²) in [5.41, 5.74) is -2.28. The lowest BCUT2D eigenvalue weighted by Gasteiger charge is -2.41. The molecule has 5 heterocycles. The number of fused-ring (bicyclic) bond motifs is 1. The van der Waals surface area contributed by atoms with Crippen molar-refractivity contribution in [3.05, 3.63) is 82.1 Å². The highest BCUT2D eigenvalue weighted by molar-refractivity contribution is 5.58. The molecular weight excluding hydrogens is 501 g/mol. The molecule has 38 heavy (non-hydrogen) atoms. The number of pyridine rings is 1. The highest BCUT2D eigenvalue weighted by atomic mass is 19.4. The largest absolute Gasteiger partial charge is 0.418 e. The molecule has 0 radical (unpaired) electrons. The van der Waals surface area contributed by atoms with Crippen molar-refractivity contribution >= 4 is 5.52 Å². The summed E-state index contributed by atoms with van der Waals surface area (Å²) < 4.78 is 52.1. The molecule has 200 valence electrons. The molecular formula is C26H27F3N6O3. The Hall–Kier alpha value is -3.48. The van der Waals surface area contributed by atoms with Gasteiger partial charge in [-0.2, -0.15) is 13.2 Å². The number of hydrogen-bond acceptors (Lipinski definition) is 6. The topological polar surface area (TPSA) is 98.6 Å². The number of alkyl halides is 3. The van der Waals surface area contributed by atoms with Crippen molar-refractivity contribution in [2.24, 2.45) is 7.05 Å². The third-order valence-corrected chi connectivity index (χ3v) is 7.84. The Kier molecular flexibility index (Phi) is 5.74. The smallest absolute Gasteiger partial charge is 0.385 e. The maximum atomic E-state index is 14.2. The third kappa shape index (κ3) is 4.03. The minimum Gasteiger partial charge on any atom is -0.385 e. The van der Waals surface area contributed by atoms with Crippen LogP contribution in [0.1, 0.15) is 35.4 Å². The molecule has 0 amide bonds. The quantitative estimate of drug-likeness (QED) is 0.413. The number of benzene rings is 1. The first-order valence-electron chi connectivity index (χ1n) is 12.4. The monoisotopic (exact) mass is 528 g/mol. The summed E-state index contributed by atoms with van der Waals surface area (Å²) in [6.07, 6.45) is 0.536. The number of halogens is 3. The molecule has 3 aromatic heterocycles. The number of nitrogens with one attached hydrogen (secondary N) is 1.